The molecule has 3 aromatic rings. The Hall–Kier alpha value is -2.82. The van der Waals surface area contributed by atoms with Crippen molar-refractivity contribution >= 4 is 22.5 Å². The second-order valence-electron chi connectivity index (χ2n) is 7.05. The molecule has 2 aliphatic rings. The Morgan fingerprint density at radius 2 is 1.92 bits per heavy atom. The van der Waals surface area contributed by atoms with Gasteiger partial charge >= 0.3 is 0 Å². The Morgan fingerprint density at radius 3 is 2.76 bits per heavy atom. The largest absolute Gasteiger partial charge is 0.361 e. The van der Waals surface area contributed by atoms with Gasteiger partial charge in [-0.1, -0.05) is 24.3 Å². The van der Waals surface area contributed by atoms with E-state index in [1.807, 2.05) is 49.5 Å². The van der Waals surface area contributed by atoms with E-state index in [0.717, 1.165) is 27.7 Å². The number of para-hydroxylation sites is 1. The number of likely N-dealkylation sites (N-methyl/N-ethyl adjacent to an activating group) is 2. The van der Waals surface area contributed by atoms with Crippen LogP contribution >= 0.6 is 0 Å². The van der Waals surface area contributed by atoms with Crippen molar-refractivity contribution in [3.8, 4) is 0 Å². The summed E-state index contributed by atoms with van der Waals surface area (Å²) in [6.07, 6.45) is 2.24. The van der Waals surface area contributed by atoms with E-state index in [2.05, 4.69) is 11.1 Å². The number of hydrogen-bond acceptors (Lipinski definition) is 2. The standard InChI is InChI=1S/C20H18FN3O/c1-23-17-9-12(21)7-8-14(17)20(10-18(25)24(2)19(20)23)15-11-22-16-6-4-3-5-13(15)16/h3-9,11,19,22H,10H2,1-2H3/t19-,20-/m0/s1. The maximum absolute atomic E-state index is 13.9. The number of H-pyrrole nitrogens is 1. The molecule has 1 saturated heterocycles. The van der Waals surface area contributed by atoms with Gasteiger partial charge in [-0.25, -0.2) is 4.39 Å². The summed E-state index contributed by atoms with van der Waals surface area (Å²) in [5.41, 5.74) is 3.52. The van der Waals surface area contributed by atoms with Crippen LogP contribution in [0.15, 0.2) is 48.7 Å². The summed E-state index contributed by atoms with van der Waals surface area (Å²) in [5.74, 6) is -0.147. The highest BCUT2D eigenvalue weighted by Gasteiger charge is 2.60. The van der Waals surface area contributed by atoms with Gasteiger partial charge in [-0.15, -0.1) is 0 Å². The average Bonchev–Trinajstić information content (AvgIpc) is 3.21. The average molecular weight is 335 g/mol. The van der Waals surface area contributed by atoms with Crippen LogP contribution in [0, 0.1) is 5.82 Å². The Bertz CT molecular complexity index is 1030. The fourth-order valence-electron chi connectivity index (χ4n) is 4.87. The predicted molar refractivity (Wildman–Crippen MR) is 95.1 cm³/mol. The number of carbonyl (C=O) groups excluding carboxylic acids is 1. The molecule has 4 nitrogen and oxygen atoms in total. The van der Waals surface area contributed by atoms with Gasteiger partial charge in [0.2, 0.25) is 5.91 Å². The molecular formula is C20H18FN3O. The third-order valence-electron chi connectivity index (χ3n) is 5.89. The SMILES string of the molecule is CN1C(=O)C[C@@]2(c3c[nH]c4ccccc34)c3ccc(F)cc3N(C)[C@@H]12. The number of nitrogens with zero attached hydrogens (tertiary/aromatic N) is 2. The van der Waals surface area contributed by atoms with Crippen LogP contribution in [0.25, 0.3) is 10.9 Å². The summed E-state index contributed by atoms with van der Waals surface area (Å²) >= 11 is 0. The first-order chi connectivity index (χ1) is 12.0. The molecule has 1 fully saturated rings. The minimum atomic E-state index is -0.497. The van der Waals surface area contributed by atoms with Gasteiger partial charge in [0.25, 0.3) is 0 Å². The molecule has 0 spiro atoms. The Morgan fingerprint density at radius 1 is 1.12 bits per heavy atom. The van der Waals surface area contributed by atoms with Crippen molar-refractivity contribution in [2.24, 2.45) is 0 Å². The van der Waals surface area contributed by atoms with Gasteiger partial charge in [0.05, 0.1) is 5.41 Å². The van der Waals surface area contributed by atoms with Crippen molar-refractivity contribution in [1.82, 2.24) is 9.88 Å². The lowest BCUT2D eigenvalue weighted by Crippen LogP contribution is -2.47. The lowest BCUT2D eigenvalue weighted by atomic mass is 9.73. The van der Waals surface area contributed by atoms with E-state index in [1.165, 1.54) is 6.07 Å². The third-order valence-corrected chi connectivity index (χ3v) is 5.89. The fraction of sp³-hybridized carbons (Fsp3) is 0.250. The molecule has 0 saturated carbocycles. The highest BCUT2D eigenvalue weighted by molar-refractivity contribution is 5.92. The number of anilines is 1. The monoisotopic (exact) mass is 335 g/mol. The molecule has 5 rings (SSSR count). The first kappa shape index (κ1) is 14.5. The summed E-state index contributed by atoms with van der Waals surface area (Å²) < 4.78 is 13.9. The van der Waals surface area contributed by atoms with Gasteiger partial charge in [0.1, 0.15) is 12.0 Å². The number of likely N-dealkylation sites (tertiary alicyclic amines) is 1. The number of hydrogen-bond donors (Lipinski definition) is 1. The van der Waals surface area contributed by atoms with E-state index < -0.39 is 5.41 Å². The molecule has 5 heteroatoms. The molecule has 126 valence electrons. The number of fused-ring (bicyclic) bond motifs is 4. The van der Waals surface area contributed by atoms with Crippen molar-refractivity contribution in [3.63, 3.8) is 0 Å². The summed E-state index contributed by atoms with van der Waals surface area (Å²) in [6, 6.07) is 13.0. The quantitative estimate of drug-likeness (QED) is 0.742. The lowest BCUT2D eigenvalue weighted by Gasteiger charge is -2.34. The molecule has 3 heterocycles. The number of aromatic nitrogens is 1. The fourth-order valence-corrected chi connectivity index (χ4v) is 4.87. The summed E-state index contributed by atoms with van der Waals surface area (Å²) in [5, 5.41) is 1.11. The molecule has 2 atom stereocenters. The van der Waals surface area contributed by atoms with Crippen LogP contribution < -0.4 is 4.90 Å². The third kappa shape index (κ3) is 1.63. The molecule has 0 aliphatic carbocycles. The van der Waals surface area contributed by atoms with Crippen molar-refractivity contribution in [3.05, 3.63) is 65.6 Å². The number of carbonyl (C=O) groups is 1. The van der Waals surface area contributed by atoms with Crippen molar-refractivity contribution in [2.75, 3.05) is 19.0 Å². The topological polar surface area (TPSA) is 39.3 Å². The van der Waals surface area contributed by atoms with Crippen molar-refractivity contribution in [1.29, 1.82) is 0 Å². The number of amides is 1. The van der Waals surface area contributed by atoms with E-state index in [1.54, 1.807) is 11.0 Å². The van der Waals surface area contributed by atoms with Gasteiger partial charge in [0.15, 0.2) is 0 Å². The smallest absolute Gasteiger partial charge is 0.225 e. The highest BCUT2D eigenvalue weighted by Crippen LogP contribution is 2.56. The van der Waals surface area contributed by atoms with Crippen LogP contribution in [-0.4, -0.2) is 36.1 Å². The van der Waals surface area contributed by atoms with Crippen molar-refractivity contribution < 1.29 is 9.18 Å². The molecule has 1 amide bonds. The minimum absolute atomic E-state index is 0.108. The van der Waals surface area contributed by atoms with E-state index in [9.17, 15) is 9.18 Å². The minimum Gasteiger partial charge on any atom is -0.361 e. The first-order valence-corrected chi connectivity index (χ1v) is 8.39. The van der Waals surface area contributed by atoms with Crippen LogP contribution in [0.3, 0.4) is 0 Å². The highest BCUT2D eigenvalue weighted by atomic mass is 19.1. The number of aromatic amines is 1. The maximum atomic E-state index is 13.9. The summed E-state index contributed by atoms with van der Waals surface area (Å²) in [6.45, 7) is 0. The van der Waals surface area contributed by atoms with Crippen LogP contribution in [0.1, 0.15) is 17.5 Å². The van der Waals surface area contributed by atoms with E-state index >= 15 is 0 Å². The molecule has 1 N–H and O–H groups in total. The normalized spacial score (nSPS) is 24.9. The van der Waals surface area contributed by atoms with Crippen LogP contribution in [-0.2, 0) is 10.2 Å². The molecule has 2 aliphatic heterocycles. The molecule has 2 aromatic carbocycles. The second-order valence-corrected chi connectivity index (χ2v) is 7.05. The van der Waals surface area contributed by atoms with E-state index in [-0.39, 0.29) is 17.9 Å². The molecule has 1 aromatic heterocycles. The van der Waals surface area contributed by atoms with Crippen LogP contribution in [0.2, 0.25) is 0 Å². The zero-order valence-electron chi connectivity index (χ0n) is 14.1. The zero-order valence-corrected chi connectivity index (χ0v) is 14.1. The second kappa shape index (κ2) is 4.63. The van der Waals surface area contributed by atoms with Gasteiger partial charge in [-0.3, -0.25) is 4.79 Å². The maximum Gasteiger partial charge on any atom is 0.225 e. The van der Waals surface area contributed by atoms with Gasteiger partial charge < -0.3 is 14.8 Å². The predicted octanol–water partition coefficient (Wildman–Crippen LogP) is 3.23. The Kier molecular flexibility index (Phi) is 2.69. The molecule has 25 heavy (non-hydrogen) atoms. The molecular weight excluding hydrogens is 317 g/mol. The number of rotatable bonds is 1. The van der Waals surface area contributed by atoms with Gasteiger partial charge in [-0.05, 0) is 29.3 Å². The van der Waals surface area contributed by atoms with Crippen LogP contribution in [0.5, 0.6) is 0 Å². The number of benzene rings is 2. The number of halogens is 1. The van der Waals surface area contributed by atoms with Gasteiger partial charge in [0, 0.05) is 43.3 Å². The Balaban J connectivity index is 1.87. The first-order valence-electron chi connectivity index (χ1n) is 8.39. The summed E-state index contributed by atoms with van der Waals surface area (Å²) in [7, 11) is 3.77. The summed E-state index contributed by atoms with van der Waals surface area (Å²) in [4.78, 5) is 19.8. The van der Waals surface area contributed by atoms with Gasteiger partial charge in [-0.2, -0.15) is 0 Å². The van der Waals surface area contributed by atoms with E-state index in [0.29, 0.717) is 6.42 Å². The zero-order chi connectivity index (χ0) is 17.3. The molecule has 0 radical (unpaired) electrons. The lowest BCUT2D eigenvalue weighted by molar-refractivity contribution is -0.127. The number of nitrogens with one attached hydrogen (secondary N) is 1. The molecule has 0 unspecified atom stereocenters. The Labute approximate surface area is 144 Å². The van der Waals surface area contributed by atoms with E-state index in [4.69, 9.17) is 0 Å². The van der Waals surface area contributed by atoms with Crippen molar-refractivity contribution in [2.45, 2.75) is 18.0 Å². The molecule has 0 bridgehead atoms. The van der Waals surface area contributed by atoms with Crippen LogP contribution in [0.4, 0.5) is 10.1 Å².